The first-order chi connectivity index (χ1) is 13.0. The molecule has 0 radical (unpaired) electrons. The topological polar surface area (TPSA) is 56.2 Å². The average Bonchev–Trinajstić information content (AvgIpc) is 3.27. The van der Waals surface area contributed by atoms with Gasteiger partial charge in [-0.1, -0.05) is 17.7 Å². The average molecular weight is 384 g/mol. The van der Waals surface area contributed by atoms with Crippen LogP contribution in [0.5, 0.6) is 5.75 Å². The van der Waals surface area contributed by atoms with Gasteiger partial charge in [-0.05, 0) is 51.3 Å². The van der Waals surface area contributed by atoms with Crippen molar-refractivity contribution in [3.63, 3.8) is 0 Å². The number of thiophene rings is 1. The van der Waals surface area contributed by atoms with Gasteiger partial charge < -0.3 is 10.1 Å². The maximum absolute atomic E-state index is 12.6. The minimum atomic E-state index is -0.0906. The van der Waals surface area contributed by atoms with Gasteiger partial charge in [-0.3, -0.25) is 9.48 Å². The Morgan fingerprint density at radius 1 is 1.30 bits per heavy atom. The number of aromatic nitrogens is 2. The summed E-state index contributed by atoms with van der Waals surface area (Å²) in [6, 6.07) is 9.75. The lowest BCUT2D eigenvalue weighted by Crippen LogP contribution is -2.26. The van der Waals surface area contributed by atoms with Crippen LogP contribution >= 0.6 is 11.3 Å². The Balaban J connectivity index is 1.59. The minimum Gasteiger partial charge on any atom is -0.489 e. The van der Waals surface area contributed by atoms with Gasteiger partial charge in [-0.2, -0.15) is 5.10 Å². The van der Waals surface area contributed by atoms with E-state index in [1.807, 2.05) is 67.4 Å². The molecule has 0 aliphatic heterocycles. The van der Waals surface area contributed by atoms with Crippen molar-refractivity contribution in [2.75, 3.05) is 0 Å². The number of benzene rings is 1. The van der Waals surface area contributed by atoms with Crippen molar-refractivity contribution in [2.45, 2.75) is 46.9 Å². The van der Waals surface area contributed by atoms with E-state index < -0.39 is 0 Å². The van der Waals surface area contributed by atoms with Crippen molar-refractivity contribution in [1.82, 2.24) is 15.1 Å². The normalized spacial score (nSPS) is 12.0. The quantitative estimate of drug-likeness (QED) is 0.646. The van der Waals surface area contributed by atoms with Crippen LogP contribution in [0, 0.1) is 13.8 Å². The van der Waals surface area contributed by atoms with Gasteiger partial charge in [0.1, 0.15) is 12.4 Å². The molecule has 5 nitrogen and oxygen atoms in total. The third-order valence-electron chi connectivity index (χ3n) is 4.56. The van der Waals surface area contributed by atoms with E-state index in [9.17, 15) is 4.79 Å². The van der Waals surface area contributed by atoms with Gasteiger partial charge >= 0.3 is 0 Å². The number of hydrogen-bond donors (Lipinski definition) is 1. The standard InChI is InChI=1S/C21H25N3O2S/c1-5-24-16(4)19(11-22-24)15(3)23-21(25)20-10-17(13-27-20)12-26-18-8-6-14(2)7-9-18/h6-11,13,15H,5,12H2,1-4H3,(H,23,25). The molecule has 1 unspecified atom stereocenters. The van der Waals surface area contributed by atoms with E-state index in [1.165, 1.54) is 16.9 Å². The zero-order valence-electron chi connectivity index (χ0n) is 16.2. The van der Waals surface area contributed by atoms with Crippen LogP contribution in [-0.2, 0) is 13.2 Å². The molecular weight excluding hydrogens is 358 g/mol. The molecule has 0 fully saturated rings. The molecule has 1 aromatic carbocycles. The van der Waals surface area contributed by atoms with Crippen LogP contribution in [0.2, 0.25) is 0 Å². The number of amides is 1. The summed E-state index contributed by atoms with van der Waals surface area (Å²) in [6.45, 7) is 9.38. The molecule has 0 saturated heterocycles. The van der Waals surface area contributed by atoms with Crippen molar-refractivity contribution in [3.8, 4) is 5.75 Å². The molecule has 2 heterocycles. The summed E-state index contributed by atoms with van der Waals surface area (Å²) in [7, 11) is 0. The molecule has 0 aliphatic rings. The van der Waals surface area contributed by atoms with E-state index >= 15 is 0 Å². The summed E-state index contributed by atoms with van der Waals surface area (Å²) in [4.78, 5) is 13.3. The Hall–Kier alpha value is -2.60. The third kappa shape index (κ3) is 4.57. The van der Waals surface area contributed by atoms with E-state index in [2.05, 4.69) is 17.3 Å². The third-order valence-corrected chi connectivity index (χ3v) is 5.54. The molecule has 0 spiro atoms. The number of carbonyl (C=O) groups is 1. The Morgan fingerprint density at radius 3 is 2.70 bits per heavy atom. The number of hydrogen-bond acceptors (Lipinski definition) is 4. The van der Waals surface area contributed by atoms with Crippen molar-refractivity contribution in [3.05, 3.63) is 69.2 Å². The Bertz CT molecular complexity index is 912. The van der Waals surface area contributed by atoms with Gasteiger partial charge in [-0.15, -0.1) is 11.3 Å². The highest BCUT2D eigenvalue weighted by atomic mass is 32.1. The maximum Gasteiger partial charge on any atom is 0.261 e. The van der Waals surface area contributed by atoms with Crippen LogP contribution in [0.4, 0.5) is 0 Å². The SMILES string of the molecule is CCn1ncc(C(C)NC(=O)c2cc(COc3ccc(C)cc3)cs2)c1C. The lowest BCUT2D eigenvalue weighted by atomic mass is 10.1. The summed E-state index contributed by atoms with van der Waals surface area (Å²) in [5.41, 5.74) is 4.33. The molecular formula is C21H25N3O2S. The van der Waals surface area contributed by atoms with Crippen LogP contribution in [0.25, 0.3) is 0 Å². The highest BCUT2D eigenvalue weighted by Crippen LogP contribution is 2.21. The molecule has 1 amide bonds. The number of aryl methyl sites for hydroxylation is 2. The zero-order valence-corrected chi connectivity index (χ0v) is 17.0. The van der Waals surface area contributed by atoms with Gasteiger partial charge in [0, 0.05) is 23.4 Å². The fraction of sp³-hybridized carbons (Fsp3) is 0.333. The lowest BCUT2D eigenvalue weighted by molar-refractivity contribution is 0.0944. The molecule has 1 atom stereocenters. The summed E-state index contributed by atoms with van der Waals surface area (Å²) in [5.74, 6) is 0.757. The number of carbonyl (C=O) groups excluding carboxylic acids is 1. The Kier molecular flexibility index (Phi) is 5.96. The van der Waals surface area contributed by atoms with Crippen molar-refractivity contribution >= 4 is 17.2 Å². The largest absolute Gasteiger partial charge is 0.489 e. The van der Waals surface area contributed by atoms with Gasteiger partial charge in [0.25, 0.3) is 5.91 Å². The van der Waals surface area contributed by atoms with Crippen LogP contribution in [-0.4, -0.2) is 15.7 Å². The zero-order chi connectivity index (χ0) is 19.4. The maximum atomic E-state index is 12.6. The first-order valence-corrected chi connectivity index (χ1v) is 9.96. The van der Waals surface area contributed by atoms with E-state index in [0.717, 1.165) is 29.1 Å². The van der Waals surface area contributed by atoms with E-state index in [0.29, 0.717) is 11.5 Å². The molecule has 6 heteroatoms. The van der Waals surface area contributed by atoms with Crippen LogP contribution < -0.4 is 10.1 Å². The van der Waals surface area contributed by atoms with Crippen molar-refractivity contribution in [2.24, 2.45) is 0 Å². The number of nitrogens with one attached hydrogen (secondary N) is 1. The van der Waals surface area contributed by atoms with Crippen molar-refractivity contribution < 1.29 is 9.53 Å². The summed E-state index contributed by atoms with van der Waals surface area (Å²) in [6.07, 6.45) is 1.83. The predicted octanol–water partition coefficient (Wildman–Crippen LogP) is 4.65. The predicted molar refractivity (Wildman–Crippen MR) is 108 cm³/mol. The van der Waals surface area contributed by atoms with Crippen molar-refractivity contribution in [1.29, 1.82) is 0 Å². The van der Waals surface area contributed by atoms with Gasteiger partial charge in [-0.25, -0.2) is 0 Å². The van der Waals surface area contributed by atoms with E-state index in [-0.39, 0.29) is 11.9 Å². The summed E-state index contributed by atoms with van der Waals surface area (Å²) in [5, 5.41) is 9.38. The van der Waals surface area contributed by atoms with Crippen LogP contribution in [0.3, 0.4) is 0 Å². The second kappa shape index (κ2) is 8.39. The molecule has 0 bridgehead atoms. The van der Waals surface area contributed by atoms with Gasteiger partial charge in [0.15, 0.2) is 0 Å². The fourth-order valence-corrected chi connectivity index (χ4v) is 3.72. The molecule has 3 rings (SSSR count). The minimum absolute atomic E-state index is 0.0715. The summed E-state index contributed by atoms with van der Waals surface area (Å²) >= 11 is 1.43. The Morgan fingerprint density at radius 2 is 2.04 bits per heavy atom. The second-order valence-electron chi connectivity index (χ2n) is 6.62. The van der Waals surface area contributed by atoms with Crippen LogP contribution in [0.15, 0.2) is 41.9 Å². The molecule has 27 heavy (non-hydrogen) atoms. The number of nitrogens with zero attached hydrogens (tertiary/aromatic N) is 2. The molecule has 2 aromatic heterocycles. The molecule has 0 saturated carbocycles. The lowest BCUT2D eigenvalue weighted by Gasteiger charge is -2.13. The number of rotatable bonds is 7. The monoisotopic (exact) mass is 383 g/mol. The first-order valence-electron chi connectivity index (χ1n) is 9.08. The van der Waals surface area contributed by atoms with E-state index in [4.69, 9.17) is 4.74 Å². The van der Waals surface area contributed by atoms with Gasteiger partial charge in [0.05, 0.1) is 17.1 Å². The fourth-order valence-electron chi connectivity index (χ4n) is 2.92. The first kappa shape index (κ1) is 19.2. The highest BCUT2D eigenvalue weighted by Gasteiger charge is 2.17. The highest BCUT2D eigenvalue weighted by molar-refractivity contribution is 7.12. The molecule has 3 aromatic rings. The number of ether oxygens (including phenoxy) is 1. The molecule has 1 N–H and O–H groups in total. The Labute approximate surface area is 164 Å². The molecule has 142 valence electrons. The molecule has 0 aliphatic carbocycles. The van der Waals surface area contributed by atoms with E-state index in [1.54, 1.807) is 0 Å². The van der Waals surface area contributed by atoms with Crippen LogP contribution in [0.1, 0.15) is 51.9 Å². The van der Waals surface area contributed by atoms with Gasteiger partial charge in [0.2, 0.25) is 0 Å². The summed E-state index contributed by atoms with van der Waals surface area (Å²) < 4.78 is 7.72. The smallest absolute Gasteiger partial charge is 0.261 e. The second-order valence-corrected chi connectivity index (χ2v) is 7.53.